The Kier molecular flexibility index (Phi) is 4.37. The van der Waals surface area contributed by atoms with Crippen molar-refractivity contribution in [1.29, 1.82) is 0 Å². The third-order valence-electron chi connectivity index (χ3n) is 2.65. The molecule has 0 aliphatic heterocycles. The summed E-state index contributed by atoms with van der Waals surface area (Å²) in [5, 5.41) is 0.620. The highest BCUT2D eigenvalue weighted by Crippen LogP contribution is 2.17. The van der Waals surface area contributed by atoms with E-state index in [-0.39, 0.29) is 6.61 Å². The zero-order valence-electron chi connectivity index (χ0n) is 10.3. The monoisotopic (exact) mass is 272 g/mol. The number of ether oxygens (including phenoxy) is 1. The average Bonchev–Trinajstić information content (AvgIpc) is 2.46. The number of hydrogen-bond donors (Lipinski definition) is 0. The van der Waals surface area contributed by atoms with Gasteiger partial charge in [0, 0.05) is 5.02 Å². The summed E-state index contributed by atoms with van der Waals surface area (Å²) in [7, 11) is 0. The molecule has 0 saturated heterocycles. The number of hydrogen-bond acceptors (Lipinski definition) is 2. The second-order valence-corrected chi connectivity index (χ2v) is 4.48. The largest absolute Gasteiger partial charge is 0.457 e. The van der Waals surface area contributed by atoms with Crippen molar-refractivity contribution in [3.05, 3.63) is 77.3 Å². The summed E-state index contributed by atoms with van der Waals surface area (Å²) in [6, 6.07) is 16.4. The molecule has 0 aliphatic carbocycles. The summed E-state index contributed by atoms with van der Waals surface area (Å²) in [6.07, 6.45) is 0. The molecular weight excluding hydrogens is 260 g/mol. The lowest BCUT2D eigenvalue weighted by atomic mass is 10.1. The van der Waals surface area contributed by atoms with Crippen LogP contribution in [0, 0.1) is 0 Å². The number of rotatable bonds is 4. The molecule has 0 bridgehead atoms. The number of carbonyl (C=O) groups is 1. The summed E-state index contributed by atoms with van der Waals surface area (Å²) in [5.41, 5.74) is 1.98. The first-order valence-electron chi connectivity index (χ1n) is 5.83. The van der Waals surface area contributed by atoms with E-state index in [0.717, 1.165) is 5.56 Å². The second-order valence-electron chi connectivity index (χ2n) is 4.05. The quantitative estimate of drug-likeness (QED) is 0.619. The number of benzene rings is 2. The van der Waals surface area contributed by atoms with Gasteiger partial charge in [-0.3, -0.25) is 0 Å². The van der Waals surface area contributed by atoms with Crippen LogP contribution < -0.4 is 0 Å². The van der Waals surface area contributed by atoms with Gasteiger partial charge >= 0.3 is 5.97 Å². The van der Waals surface area contributed by atoms with Crippen molar-refractivity contribution in [2.75, 3.05) is 0 Å². The molecule has 0 aliphatic rings. The highest BCUT2D eigenvalue weighted by atomic mass is 35.5. The molecule has 19 heavy (non-hydrogen) atoms. The Bertz CT molecular complexity index is 573. The van der Waals surface area contributed by atoms with E-state index >= 15 is 0 Å². The molecule has 0 N–H and O–H groups in total. The third-order valence-corrected chi connectivity index (χ3v) is 2.90. The molecule has 2 nitrogen and oxygen atoms in total. The van der Waals surface area contributed by atoms with Crippen LogP contribution in [0.15, 0.2) is 61.2 Å². The maximum absolute atomic E-state index is 11.8. The van der Waals surface area contributed by atoms with Crippen molar-refractivity contribution in [2.24, 2.45) is 0 Å². The minimum atomic E-state index is -0.425. The number of esters is 1. The molecule has 0 amide bonds. The Labute approximate surface area is 117 Å². The van der Waals surface area contributed by atoms with Crippen molar-refractivity contribution in [1.82, 2.24) is 0 Å². The Morgan fingerprint density at radius 1 is 1.05 bits per heavy atom. The first kappa shape index (κ1) is 13.4. The molecule has 0 radical (unpaired) electrons. The highest BCUT2D eigenvalue weighted by Gasteiger charge is 2.10. The predicted octanol–water partition coefficient (Wildman–Crippen LogP) is 4.10. The van der Waals surface area contributed by atoms with E-state index < -0.39 is 5.97 Å². The van der Waals surface area contributed by atoms with Crippen molar-refractivity contribution in [2.45, 2.75) is 6.61 Å². The van der Waals surface area contributed by atoms with Crippen LogP contribution in [0.5, 0.6) is 0 Å². The van der Waals surface area contributed by atoms with Crippen LogP contribution in [0.3, 0.4) is 0 Å². The van der Waals surface area contributed by atoms with E-state index in [9.17, 15) is 4.79 Å². The van der Waals surface area contributed by atoms with Gasteiger partial charge in [-0.15, -0.1) is 0 Å². The highest BCUT2D eigenvalue weighted by molar-refractivity contribution is 6.30. The Hall–Kier alpha value is -2.06. The van der Waals surface area contributed by atoms with E-state index in [2.05, 4.69) is 6.58 Å². The fourth-order valence-electron chi connectivity index (χ4n) is 1.58. The first-order chi connectivity index (χ1) is 9.16. The maximum atomic E-state index is 11.8. The molecule has 0 spiro atoms. The van der Waals surface area contributed by atoms with Crippen LogP contribution in [0.4, 0.5) is 0 Å². The van der Waals surface area contributed by atoms with Crippen molar-refractivity contribution < 1.29 is 9.53 Å². The van der Waals surface area contributed by atoms with E-state index in [1.54, 1.807) is 24.3 Å². The van der Waals surface area contributed by atoms with Gasteiger partial charge in [0.25, 0.3) is 0 Å². The molecule has 0 unspecified atom stereocenters. The summed E-state index contributed by atoms with van der Waals surface area (Å²) in [6.45, 7) is 3.99. The van der Waals surface area contributed by atoms with Gasteiger partial charge in [-0.05, 0) is 23.3 Å². The van der Waals surface area contributed by atoms with Gasteiger partial charge in [-0.1, -0.05) is 60.6 Å². The van der Waals surface area contributed by atoms with Crippen molar-refractivity contribution in [3.8, 4) is 0 Å². The Balaban J connectivity index is 1.96. The van der Waals surface area contributed by atoms with Gasteiger partial charge in [-0.25, -0.2) is 4.79 Å². The minimum Gasteiger partial charge on any atom is -0.457 e. The van der Waals surface area contributed by atoms with Crippen molar-refractivity contribution >= 4 is 23.1 Å². The van der Waals surface area contributed by atoms with Gasteiger partial charge in [0.05, 0.1) is 5.57 Å². The molecule has 0 heterocycles. The summed E-state index contributed by atoms with van der Waals surface area (Å²) in [4.78, 5) is 11.8. The zero-order valence-corrected chi connectivity index (χ0v) is 11.1. The summed E-state index contributed by atoms with van der Waals surface area (Å²) in [5.74, 6) is -0.425. The second kappa shape index (κ2) is 6.21. The lowest BCUT2D eigenvalue weighted by Gasteiger charge is -2.07. The molecule has 2 rings (SSSR count). The lowest BCUT2D eigenvalue weighted by Crippen LogP contribution is -2.06. The SMILES string of the molecule is C=C(C(=O)OCc1ccccc1)c1ccc(Cl)cc1. The van der Waals surface area contributed by atoms with Crippen LogP contribution >= 0.6 is 11.6 Å². The number of carbonyl (C=O) groups excluding carboxylic acids is 1. The Morgan fingerprint density at radius 2 is 1.68 bits per heavy atom. The molecule has 0 fully saturated rings. The Morgan fingerprint density at radius 3 is 2.32 bits per heavy atom. The van der Waals surface area contributed by atoms with E-state index in [4.69, 9.17) is 16.3 Å². The molecule has 0 saturated carbocycles. The average molecular weight is 273 g/mol. The zero-order chi connectivity index (χ0) is 13.7. The number of halogens is 1. The topological polar surface area (TPSA) is 26.3 Å². The van der Waals surface area contributed by atoms with Gasteiger partial charge in [0.15, 0.2) is 0 Å². The van der Waals surface area contributed by atoms with Crippen LogP contribution in [0.1, 0.15) is 11.1 Å². The standard InChI is InChI=1S/C16H13ClO2/c1-12(14-7-9-15(17)10-8-14)16(18)19-11-13-5-3-2-4-6-13/h2-10H,1,11H2. The van der Waals surface area contributed by atoms with Crippen molar-refractivity contribution in [3.63, 3.8) is 0 Å². The van der Waals surface area contributed by atoms with Gasteiger partial charge < -0.3 is 4.74 Å². The van der Waals surface area contributed by atoms with Gasteiger partial charge in [0.1, 0.15) is 6.61 Å². The molecule has 2 aromatic carbocycles. The van der Waals surface area contributed by atoms with Gasteiger partial charge in [-0.2, -0.15) is 0 Å². The third kappa shape index (κ3) is 3.70. The molecule has 0 atom stereocenters. The normalized spacial score (nSPS) is 9.95. The van der Waals surface area contributed by atoms with Crippen LogP contribution in [-0.4, -0.2) is 5.97 Å². The van der Waals surface area contributed by atoms with Crippen LogP contribution in [0.2, 0.25) is 5.02 Å². The van der Waals surface area contributed by atoms with Crippen LogP contribution in [0.25, 0.3) is 5.57 Å². The van der Waals surface area contributed by atoms with E-state index in [1.807, 2.05) is 30.3 Å². The summed E-state index contributed by atoms with van der Waals surface area (Å²) >= 11 is 5.79. The molecule has 3 heteroatoms. The molecule has 2 aromatic rings. The molecule has 0 aromatic heterocycles. The van der Waals surface area contributed by atoms with E-state index in [1.165, 1.54) is 0 Å². The van der Waals surface area contributed by atoms with Crippen LogP contribution in [-0.2, 0) is 16.1 Å². The molecule has 96 valence electrons. The van der Waals surface area contributed by atoms with Gasteiger partial charge in [0.2, 0.25) is 0 Å². The lowest BCUT2D eigenvalue weighted by molar-refractivity contribution is -0.137. The summed E-state index contributed by atoms with van der Waals surface area (Å²) < 4.78 is 5.20. The fraction of sp³-hybridized carbons (Fsp3) is 0.0625. The van der Waals surface area contributed by atoms with E-state index in [0.29, 0.717) is 16.2 Å². The minimum absolute atomic E-state index is 0.242. The maximum Gasteiger partial charge on any atom is 0.338 e. The fourth-order valence-corrected chi connectivity index (χ4v) is 1.71. The predicted molar refractivity (Wildman–Crippen MR) is 76.7 cm³/mol. The first-order valence-corrected chi connectivity index (χ1v) is 6.20. The molecular formula is C16H13ClO2. The smallest absolute Gasteiger partial charge is 0.338 e.